The molecule has 4 heterocycles. The molecule has 3 aliphatic rings. The molecular formula is C23H26FN3O4. The molecule has 5 rings (SSSR count). The minimum atomic E-state index is -0.692. The van der Waals surface area contributed by atoms with Gasteiger partial charge < -0.3 is 24.2 Å². The third-order valence-corrected chi connectivity index (χ3v) is 7.10. The van der Waals surface area contributed by atoms with Crippen LogP contribution in [0.2, 0.25) is 0 Å². The number of ether oxygens (including phenoxy) is 1. The SMILES string of the molecule is Cn1cccc1C(=O)N1C[C@@H]2[C@H](CO)[C@H]3CN(C(=O)Cc4ccccc4F)C[C@]2(C1)O3. The summed E-state index contributed by atoms with van der Waals surface area (Å²) >= 11 is 0. The predicted molar refractivity (Wildman–Crippen MR) is 110 cm³/mol. The second kappa shape index (κ2) is 7.46. The number of aliphatic hydroxyl groups is 1. The van der Waals surface area contributed by atoms with Crippen molar-refractivity contribution in [1.29, 1.82) is 0 Å². The molecule has 0 aliphatic carbocycles. The molecule has 3 fully saturated rings. The number of hydrogen-bond acceptors (Lipinski definition) is 4. The maximum Gasteiger partial charge on any atom is 0.270 e. The number of aromatic nitrogens is 1. The Hall–Kier alpha value is -2.71. The van der Waals surface area contributed by atoms with Gasteiger partial charge in [-0.05, 0) is 23.8 Å². The van der Waals surface area contributed by atoms with E-state index in [1.54, 1.807) is 38.6 Å². The lowest BCUT2D eigenvalue weighted by Crippen LogP contribution is -2.56. The van der Waals surface area contributed by atoms with Gasteiger partial charge >= 0.3 is 0 Å². The molecule has 0 unspecified atom stereocenters. The minimum Gasteiger partial charge on any atom is -0.396 e. The highest BCUT2D eigenvalue weighted by Gasteiger charge is 2.63. The number of aryl methyl sites for hydroxylation is 1. The molecule has 3 aliphatic heterocycles. The van der Waals surface area contributed by atoms with Crippen LogP contribution in [0.25, 0.3) is 0 Å². The molecule has 0 radical (unpaired) electrons. The van der Waals surface area contributed by atoms with Crippen LogP contribution < -0.4 is 0 Å². The first-order valence-corrected chi connectivity index (χ1v) is 10.6. The van der Waals surface area contributed by atoms with Crippen molar-refractivity contribution in [3.05, 3.63) is 59.7 Å². The van der Waals surface area contributed by atoms with Gasteiger partial charge in [0, 0.05) is 44.8 Å². The van der Waals surface area contributed by atoms with Crippen molar-refractivity contribution in [3.8, 4) is 0 Å². The van der Waals surface area contributed by atoms with Crippen LogP contribution in [-0.2, 0) is 23.0 Å². The number of nitrogens with zero attached hydrogens (tertiary/aromatic N) is 3. The zero-order valence-corrected chi connectivity index (χ0v) is 17.4. The van der Waals surface area contributed by atoms with Crippen LogP contribution in [0.1, 0.15) is 16.1 Å². The summed E-state index contributed by atoms with van der Waals surface area (Å²) in [6, 6.07) is 9.91. The number of aliphatic hydroxyl groups excluding tert-OH is 1. The number of likely N-dealkylation sites (tertiary alicyclic amines) is 2. The van der Waals surface area contributed by atoms with E-state index in [4.69, 9.17) is 4.74 Å². The fourth-order valence-electron chi connectivity index (χ4n) is 5.54. The Morgan fingerprint density at radius 2 is 1.94 bits per heavy atom. The van der Waals surface area contributed by atoms with E-state index >= 15 is 0 Å². The number of morpholine rings is 1. The third kappa shape index (κ3) is 3.25. The number of halogens is 1. The molecule has 2 bridgehead atoms. The first-order chi connectivity index (χ1) is 14.9. The monoisotopic (exact) mass is 427 g/mol. The van der Waals surface area contributed by atoms with E-state index < -0.39 is 11.4 Å². The number of hydrogen-bond donors (Lipinski definition) is 1. The first-order valence-electron chi connectivity index (χ1n) is 10.6. The van der Waals surface area contributed by atoms with Crippen molar-refractivity contribution in [3.63, 3.8) is 0 Å². The van der Waals surface area contributed by atoms with E-state index in [0.717, 1.165) is 0 Å². The van der Waals surface area contributed by atoms with Crippen molar-refractivity contribution in [1.82, 2.24) is 14.4 Å². The lowest BCUT2D eigenvalue weighted by molar-refractivity contribution is -0.152. The molecule has 1 N–H and O–H groups in total. The van der Waals surface area contributed by atoms with Gasteiger partial charge in [-0.2, -0.15) is 0 Å². The van der Waals surface area contributed by atoms with Gasteiger partial charge in [-0.15, -0.1) is 0 Å². The van der Waals surface area contributed by atoms with Gasteiger partial charge in [0.1, 0.15) is 17.1 Å². The fraction of sp³-hybridized carbons (Fsp3) is 0.478. The Kier molecular flexibility index (Phi) is 4.86. The maximum absolute atomic E-state index is 14.0. The van der Waals surface area contributed by atoms with E-state index in [1.165, 1.54) is 6.07 Å². The topological polar surface area (TPSA) is 75.0 Å². The first kappa shape index (κ1) is 20.2. The fourth-order valence-corrected chi connectivity index (χ4v) is 5.54. The van der Waals surface area contributed by atoms with Crippen LogP contribution in [0.4, 0.5) is 4.39 Å². The van der Waals surface area contributed by atoms with Gasteiger partial charge in [-0.3, -0.25) is 9.59 Å². The Morgan fingerprint density at radius 3 is 2.65 bits per heavy atom. The zero-order valence-electron chi connectivity index (χ0n) is 17.4. The van der Waals surface area contributed by atoms with E-state index in [1.807, 2.05) is 19.3 Å². The van der Waals surface area contributed by atoms with Crippen LogP contribution in [-0.4, -0.2) is 75.8 Å². The van der Waals surface area contributed by atoms with Crippen molar-refractivity contribution < 1.29 is 23.8 Å². The Morgan fingerprint density at radius 1 is 1.16 bits per heavy atom. The molecule has 4 atom stereocenters. The molecule has 2 amide bonds. The van der Waals surface area contributed by atoms with Gasteiger partial charge in [-0.1, -0.05) is 18.2 Å². The van der Waals surface area contributed by atoms with Gasteiger partial charge in [0.15, 0.2) is 0 Å². The number of amides is 2. The molecule has 8 heteroatoms. The largest absolute Gasteiger partial charge is 0.396 e. The second-order valence-corrected chi connectivity index (χ2v) is 8.91. The van der Waals surface area contributed by atoms with Crippen LogP contribution in [0.3, 0.4) is 0 Å². The summed E-state index contributed by atoms with van der Waals surface area (Å²) < 4.78 is 22.2. The highest BCUT2D eigenvalue weighted by molar-refractivity contribution is 5.93. The summed E-state index contributed by atoms with van der Waals surface area (Å²) in [7, 11) is 1.83. The van der Waals surface area contributed by atoms with Gasteiger partial charge in [0.25, 0.3) is 5.91 Å². The van der Waals surface area contributed by atoms with Crippen molar-refractivity contribution in [2.24, 2.45) is 18.9 Å². The lowest BCUT2D eigenvalue weighted by Gasteiger charge is -2.40. The molecule has 1 aromatic carbocycles. The average Bonchev–Trinajstić information content (AvgIpc) is 3.38. The number of carbonyl (C=O) groups excluding carboxylic acids is 2. The summed E-state index contributed by atoms with van der Waals surface area (Å²) in [5.74, 6) is -0.822. The summed E-state index contributed by atoms with van der Waals surface area (Å²) in [4.78, 5) is 29.6. The predicted octanol–water partition coefficient (Wildman–Crippen LogP) is 1.07. The van der Waals surface area contributed by atoms with E-state index in [9.17, 15) is 19.1 Å². The molecule has 0 saturated carbocycles. The van der Waals surface area contributed by atoms with Gasteiger partial charge in [-0.25, -0.2) is 4.39 Å². The molecular weight excluding hydrogens is 401 g/mol. The maximum atomic E-state index is 14.0. The zero-order chi connectivity index (χ0) is 21.8. The van der Waals surface area contributed by atoms with Crippen LogP contribution >= 0.6 is 0 Å². The average molecular weight is 427 g/mol. The van der Waals surface area contributed by atoms with Crippen LogP contribution in [0.15, 0.2) is 42.6 Å². The van der Waals surface area contributed by atoms with Gasteiger partial charge in [0.05, 0.1) is 25.6 Å². The van der Waals surface area contributed by atoms with E-state index in [0.29, 0.717) is 37.4 Å². The molecule has 3 saturated heterocycles. The number of carbonyl (C=O) groups is 2. The van der Waals surface area contributed by atoms with Gasteiger partial charge in [0.2, 0.25) is 5.91 Å². The highest BCUT2D eigenvalue weighted by atomic mass is 19.1. The Labute approximate surface area is 180 Å². The van der Waals surface area contributed by atoms with Crippen LogP contribution in [0, 0.1) is 17.7 Å². The lowest BCUT2D eigenvalue weighted by atomic mass is 9.83. The standard InChI is InChI=1S/C23H26FN3O4/c1-25-8-4-7-19(25)22(30)27-10-17-16(12-28)20-11-26(13-23(17,14-27)31-20)21(29)9-15-5-2-3-6-18(15)24/h2-8,16-17,20,28H,9-14H2,1H3/t16-,17+,20+,23+/m0/s1. The normalized spacial score (nSPS) is 29.3. The molecule has 31 heavy (non-hydrogen) atoms. The van der Waals surface area contributed by atoms with E-state index in [2.05, 4.69) is 0 Å². The Balaban J connectivity index is 1.37. The van der Waals surface area contributed by atoms with Crippen molar-refractivity contribution in [2.75, 3.05) is 32.8 Å². The minimum absolute atomic E-state index is 0.0179. The quantitative estimate of drug-likeness (QED) is 0.792. The molecule has 2 aromatic rings. The second-order valence-electron chi connectivity index (χ2n) is 8.91. The number of fused-ring (bicyclic) bond motifs is 1. The molecule has 164 valence electrons. The highest BCUT2D eigenvalue weighted by Crippen LogP contribution is 2.49. The summed E-state index contributed by atoms with van der Waals surface area (Å²) in [6.07, 6.45) is 1.53. The smallest absolute Gasteiger partial charge is 0.270 e. The number of rotatable bonds is 4. The summed E-state index contributed by atoms with van der Waals surface area (Å²) in [5.41, 5.74) is 0.268. The molecule has 1 aromatic heterocycles. The van der Waals surface area contributed by atoms with Crippen LogP contribution in [0.5, 0.6) is 0 Å². The summed E-state index contributed by atoms with van der Waals surface area (Å²) in [5, 5.41) is 10.1. The van der Waals surface area contributed by atoms with Crippen molar-refractivity contribution in [2.45, 2.75) is 18.1 Å². The molecule has 7 nitrogen and oxygen atoms in total. The Bertz CT molecular complexity index is 1020. The summed E-state index contributed by atoms with van der Waals surface area (Å²) in [6.45, 7) is 1.52. The molecule has 1 spiro atoms. The number of benzene rings is 1. The van der Waals surface area contributed by atoms with Crippen molar-refractivity contribution >= 4 is 11.8 Å². The third-order valence-electron chi connectivity index (χ3n) is 7.10. The van der Waals surface area contributed by atoms with E-state index in [-0.39, 0.29) is 42.8 Å².